The maximum atomic E-state index is 10.7. The molecule has 0 aliphatic carbocycles. The fraction of sp³-hybridized carbons (Fsp3) is 0.667. The minimum Gasteiger partial charge on any atom is -0.463 e. The first-order valence-electron chi connectivity index (χ1n) is 9.06. The van der Waals surface area contributed by atoms with Crippen LogP contribution in [0.25, 0.3) is 0 Å². The van der Waals surface area contributed by atoms with Crippen molar-refractivity contribution in [1.29, 1.82) is 0 Å². The number of carbonyl (C=O) groups excluding carboxylic acids is 2. The lowest BCUT2D eigenvalue weighted by Crippen LogP contribution is -2.42. The number of esters is 2. The molecule has 0 radical (unpaired) electrons. The molecule has 0 saturated carbocycles. The summed E-state index contributed by atoms with van der Waals surface area (Å²) >= 11 is 0. The van der Waals surface area contributed by atoms with Crippen molar-refractivity contribution in [1.82, 2.24) is 0 Å². The maximum absolute atomic E-state index is 10.7. The van der Waals surface area contributed by atoms with Gasteiger partial charge in [0.1, 0.15) is 0 Å². The second kappa shape index (κ2) is 17.5. The van der Waals surface area contributed by atoms with E-state index in [1.807, 2.05) is 6.55 Å². The molecule has 0 atom stereocenters. The van der Waals surface area contributed by atoms with Gasteiger partial charge in [0.15, 0.2) is 0 Å². The highest BCUT2D eigenvalue weighted by Gasteiger charge is 2.36. The van der Waals surface area contributed by atoms with Crippen LogP contribution in [-0.4, -0.2) is 78.1 Å². The van der Waals surface area contributed by atoms with Crippen molar-refractivity contribution >= 4 is 29.3 Å². The van der Waals surface area contributed by atoms with Crippen molar-refractivity contribution in [3.05, 3.63) is 25.3 Å². The first-order valence-corrected chi connectivity index (χ1v) is 13.5. The van der Waals surface area contributed by atoms with Gasteiger partial charge in [0.05, 0.1) is 13.2 Å². The van der Waals surface area contributed by atoms with Crippen molar-refractivity contribution in [2.24, 2.45) is 0 Å². The molecular weight excluding hydrogens is 416 g/mol. The third-order valence-electron chi connectivity index (χ3n) is 4.02. The molecule has 0 aromatic carbocycles. The Balaban J connectivity index is 0. The molecule has 0 unspecified atom stereocenters. The molecule has 0 bridgehead atoms. The zero-order chi connectivity index (χ0) is 22.8. The van der Waals surface area contributed by atoms with E-state index in [9.17, 15) is 9.59 Å². The van der Waals surface area contributed by atoms with Crippen LogP contribution in [0.15, 0.2) is 25.3 Å². The molecule has 0 aromatic heterocycles. The predicted octanol–water partition coefficient (Wildman–Crippen LogP) is 2.45. The van der Waals surface area contributed by atoms with Crippen LogP contribution in [0.5, 0.6) is 0 Å². The van der Waals surface area contributed by atoms with Crippen molar-refractivity contribution in [2.45, 2.75) is 31.5 Å². The average molecular weight is 453 g/mol. The Kier molecular flexibility index (Phi) is 18.0. The Bertz CT molecular complexity index is 470. The van der Waals surface area contributed by atoms with Gasteiger partial charge in [-0.3, -0.25) is 0 Å². The van der Waals surface area contributed by atoms with E-state index in [0.29, 0.717) is 25.7 Å². The van der Waals surface area contributed by atoms with Crippen molar-refractivity contribution < 1.29 is 41.2 Å². The molecule has 0 spiro atoms. The SMILES string of the molecule is C=CC(=O)OCCC[Si](C)(OC)OC.C=CC(=O)OCCC[Si](OC)(OC)OC. The molecule has 0 N–H and O–H groups in total. The van der Waals surface area contributed by atoms with Gasteiger partial charge < -0.3 is 31.6 Å². The number of ether oxygens (including phenoxy) is 2. The Morgan fingerprint density at radius 1 is 0.724 bits per heavy atom. The minimum absolute atomic E-state index is 0.315. The summed E-state index contributed by atoms with van der Waals surface area (Å²) in [5.41, 5.74) is 0. The lowest BCUT2D eigenvalue weighted by Gasteiger charge is -2.23. The fourth-order valence-corrected chi connectivity index (χ4v) is 5.04. The predicted molar refractivity (Wildman–Crippen MR) is 114 cm³/mol. The van der Waals surface area contributed by atoms with Crippen molar-refractivity contribution in [3.63, 3.8) is 0 Å². The number of carbonyl (C=O) groups is 2. The molecule has 0 fully saturated rings. The molecule has 170 valence electrons. The topological polar surface area (TPSA) is 98.8 Å². The standard InChI is InChI=1S/C9H18O5Si.C9H18O4Si/c1-5-9(10)14-7-6-8-15(11-2,12-3)13-4;1-5-9(10)13-7-6-8-14(4,11-2)12-3/h5H,1,6-8H2,2-4H3;5H,1,6-8H2,2-4H3. The van der Waals surface area contributed by atoms with E-state index in [-0.39, 0.29) is 5.97 Å². The zero-order valence-corrected chi connectivity index (χ0v) is 20.5. The van der Waals surface area contributed by atoms with E-state index >= 15 is 0 Å². The molecule has 0 heterocycles. The van der Waals surface area contributed by atoms with Gasteiger partial charge in [-0.1, -0.05) is 13.2 Å². The summed E-state index contributed by atoms with van der Waals surface area (Å²) in [5, 5.41) is 0. The molecule has 0 amide bonds. The average Bonchev–Trinajstić information content (AvgIpc) is 2.77. The minimum atomic E-state index is -2.52. The normalized spacial score (nSPS) is 11.1. The largest absolute Gasteiger partial charge is 0.500 e. The van der Waals surface area contributed by atoms with E-state index in [4.69, 9.17) is 31.6 Å². The molecule has 0 aliphatic rings. The molecular formula is C18H36O9Si2. The molecule has 0 aliphatic heterocycles. The molecule has 29 heavy (non-hydrogen) atoms. The lowest BCUT2D eigenvalue weighted by molar-refractivity contribution is -0.138. The summed E-state index contributed by atoms with van der Waals surface area (Å²) < 4.78 is 35.8. The monoisotopic (exact) mass is 452 g/mol. The van der Waals surface area contributed by atoms with Crippen LogP contribution < -0.4 is 0 Å². The summed E-state index contributed by atoms with van der Waals surface area (Å²) in [7, 11) is 3.43. The second-order valence-electron chi connectivity index (χ2n) is 5.79. The maximum Gasteiger partial charge on any atom is 0.500 e. The highest BCUT2D eigenvalue weighted by Crippen LogP contribution is 2.15. The Morgan fingerprint density at radius 2 is 1.10 bits per heavy atom. The van der Waals surface area contributed by atoms with Crippen molar-refractivity contribution in [3.8, 4) is 0 Å². The van der Waals surface area contributed by atoms with Gasteiger partial charge in [-0.25, -0.2) is 9.59 Å². The smallest absolute Gasteiger partial charge is 0.463 e. The van der Waals surface area contributed by atoms with Gasteiger partial charge in [0.25, 0.3) is 0 Å². The van der Waals surface area contributed by atoms with Crippen LogP contribution in [0.4, 0.5) is 0 Å². The third kappa shape index (κ3) is 14.3. The second-order valence-corrected chi connectivity index (χ2v) is 12.5. The number of hydrogen-bond donors (Lipinski definition) is 0. The highest BCUT2D eigenvalue weighted by molar-refractivity contribution is 6.65. The van der Waals surface area contributed by atoms with Crippen LogP contribution in [-0.2, 0) is 41.2 Å². The van der Waals surface area contributed by atoms with Gasteiger partial charge in [-0.2, -0.15) is 0 Å². The van der Waals surface area contributed by atoms with Gasteiger partial charge in [0, 0.05) is 53.7 Å². The summed E-state index contributed by atoms with van der Waals surface area (Å²) in [6, 6.07) is 1.42. The molecule has 0 aromatic rings. The highest BCUT2D eigenvalue weighted by atomic mass is 28.4. The van der Waals surface area contributed by atoms with Gasteiger partial charge in [0.2, 0.25) is 0 Å². The van der Waals surface area contributed by atoms with Crippen LogP contribution >= 0.6 is 0 Å². The van der Waals surface area contributed by atoms with Crippen LogP contribution in [0, 0.1) is 0 Å². The lowest BCUT2D eigenvalue weighted by atomic mass is 10.5. The summed E-state index contributed by atoms with van der Waals surface area (Å²) in [4.78, 5) is 21.4. The van der Waals surface area contributed by atoms with E-state index in [1.165, 1.54) is 0 Å². The summed E-state index contributed by atoms with van der Waals surface area (Å²) in [6.45, 7) is 9.28. The van der Waals surface area contributed by atoms with E-state index < -0.39 is 23.3 Å². The van der Waals surface area contributed by atoms with Crippen LogP contribution in [0.2, 0.25) is 18.6 Å². The Morgan fingerprint density at radius 3 is 1.41 bits per heavy atom. The number of hydrogen-bond acceptors (Lipinski definition) is 9. The Hall–Kier alpha value is -1.35. The van der Waals surface area contributed by atoms with Crippen molar-refractivity contribution in [2.75, 3.05) is 48.8 Å². The third-order valence-corrected chi connectivity index (χ3v) is 9.84. The van der Waals surface area contributed by atoms with Gasteiger partial charge >= 0.3 is 29.3 Å². The fourth-order valence-electron chi connectivity index (χ4n) is 1.99. The van der Waals surface area contributed by atoms with E-state index in [0.717, 1.165) is 24.6 Å². The van der Waals surface area contributed by atoms with Crippen LogP contribution in [0.1, 0.15) is 12.8 Å². The quantitative estimate of drug-likeness (QED) is 0.160. The molecule has 0 saturated heterocycles. The summed E-state index contributed by atoms with van der Waals surface area (Å²) in [5.74, 6) is -0.808. The van der Waals surface area contributed by atoms with Gasteiger partial charge in [-0.05, 0) is 25.4 Å². The zero-order valence-electron chi connectivity index (χ0n) is 18.5. The van der Waals surface area contributed by atoms with Gasteiger partial charge in [-0.15, -0.1) is 0 Å². The van der Waals surface area contributed by atoms with E-state index in [1.54, 1.807) is 35.5 Å². The Labute approximate surface area is 176 Å². The van der Waals surface area contributed by atoms with E-state index in [2.05, 4.69) is 13.2 Å². The summed E-state index contributed by atoms with van der Waals surface area (Å²) in [6.07, 6.45) is 3.68. The molecule has 0 rings (SSSR count). The number of rotatable bonds is 15. The first kappa shape index (κ1) is 29.9. The molecule has 11 heteroatoms. The van der Waals surface area contributed by atoms with Crippen LogP contribution in [0.3, 0.4) is 0 Å². The first-order chi connectivity index (χ1) is 13.7. The molecule has 9 nitrogen and oxygen atoms in total.